The number of esters is 1. The smallest absolute Gasteiger partial charge is 0.358 e. The topological polar surface area (TPSA) is 69.4 Å². The molecule has 4 aromatic heterocycles. The van der Waals surface area contributed by atoms with Gasteiger partial charge in [-0.3, -0.25) is 4.98 Å². The highest BCUT2D eigenvalue weighted by atomic mass is 19.1. The highest BCUT2D eigenvalue weighted by Crippen LogP contribution is 2.29. The van der Waals surface area contributed by atoms with Crippen LogP contribution >= 0.6 is 0 Å². The number of aromatic nitrogens is 4. The molecule has 0 aliphatic rings. The Morgan fingerprint density at radius 3 is 2.79 bits per heavy atom. The van der Waals surface area contributed by atoms with Crippen molar-refractivity contribution in [2.45, 2.75) is 13.8 Å². The number of fused-ring (bicyclic) bond motifs is 1. The van der Waals surface area contributed by atoms with Gasteiger partial charge in [0.15, 0.2) is 5.69 Å². The number of rotatable bonds is 4. The first-order chi connectivity index (χ1) is 13.6. The molecule has 0 atom stereocenters. The first kappa shape index (κ1) is 17.8. The minimum Gasteiger partial charge on any atom is -0.461 e. The zero-order valence-corrected chi connectivity index (χ0v) is 15.4. The summed E-state index contributed by atoms with van der Waals surface area (Å²) in [4.78, 5) is 25.0. The largest absolute Gasteiger partial charge is 0.461 e. The van der Waals surface area contributed by atoms with Crippen molar-refractivity contribution in [3.63, 3.8) is 0 Å². The third kappa shape index (κ3) is 3.22. The van der Waals surface area contributed by atoms with Gasteiger partial charge in [-0.2, -0.15) is 0 Å². The summed E-state index contributed by atoms with van der Waals surface area (Å²) in [6.07, 6.45) is 5.17. The molecule has 0 radical (unpaired) electrons. The molecule has 0 aliphatic heterocycles. The quantitative estimate of drug-likeness (QED) is 0.502. The lowest BCUT2D eigenvalue weighted by molar-refractivity contribution is 0.0520. The molecule has 0 amide bonds. The highest BCUT2D eigenvalue weighted by molar-refractivity contribution is 5.88. The van der Waals surface area contributed by atoms with E-state index in [-0.39, 0.29) is 11.5 Å². The lowest BCUT2D eigenvalue weighted by Gasteiger charge is -2.09. The Morgan fingerprint density at radius 2 is 2.00 bits per heavy atom. The fourth-order valence-electron chi connectivity index (χ4n) is 2.97. The maximum Gasteiger partial charge on any atom is 0.358 e. The normalized spacial score (nSPS) is 11.0. The lowest BCUT2D eigenvalue weighted by atomic mass is 10.0. The van der Waals surface area contributed by atoms with Gasteiger partial charge in [0.05, 0.1) is 23.7 Å². The van der Waals surface area contributed by atoms with Gasteiger partial charge in [-0.05, 0) is 44.2 Å². The van der Waals surface area contributed by atoms with E-state index in [4.69, 9.17) is 4.74 Å². The van der Waals surface area contributed by atoms with Crippen LogP contribution in [0, 0.1) is 12.7 Å². The van der Waals surface area contributed by atoms with Crippen LogP contribution in [-0.4, -0.2) is 31.9 Å². The fraction of sp³-hybridized carbons (Fsp3) is 0.143. The number of nitrogens with zero attached hydrogens (tertiary/aromatic N) is 4. The van der Waals surface area contributed by atoms with E-state index in [1.54, 1.807) is 36.7 Å². The highest BCUT2D eigenvalue weighted by Gasteiger charge is 2.14. The van der Waals surface area contributed by atoms with Gasteiger partial charge in [0.2, 0.25) is 0 Å². The van der Waals surface area contributed by atoms with Crippen LogP contribution in [0.2, 0.25) is 0 Å². The molecule has 4 heterocycles. The summed E-state index contributed by atoms with van der Waals surface area (Å²) in [6.45, 7) is 3.66. The molecule has 0 N–H and O–H groups in total. The Labute approximate surface area is 160 Å². The van der Waals surface area contributed by atoms with Crippen molar-refractivity contribution in [1.29, 1.82) is 0 Å². The van der Waals surface area contributed by atoms with E-state index < -0.39 is 5.97 Å². The summed E-state index contributed by atoms with van der Waals surface area (Å²) < 4.78 is 20.4. The van der Waals surface area contributed by atoms with Crippen LogP contribution in [0.5, 0.6) is 0 Å². The minimum absolute atomic E-state index is 0.251. The van der Waals surface area contributed by atoms with Gasteiger partial charge in [0, 0.05) is 29.7 Å². The van der Waals surface area contributed by atoms with Crippen LogP contribution in [0.1, 0.15) is 23.1 Å². The van der Waals surface area contributed by atoms with E-state index in [9.17, 15) is 9.18 Å². The zero-order valence-electron chi connectivity index (χ0n) is 15.4. The average molecular weight is 376 g/mol. The van der Waals surface area contributed by atoms with Crippen LogP contribution in [0.4, 0.5) is 4.39 Å². The van der Waals surface area contributed by atoms with Gasteiger partial charge in [-0.1, -0.05) is 6.07 Å². The molecule has 0 saturated carbocycles. The second-order valence-electron chi connectivity index (χ2n) is 6.19. The fourth-order valence-corrected chi connectivity index (χ4v) is 2.97. The van der Waals surface area contributed by atoms with Gasteiger partial charge < -0.3 is 9.14 Å². The van der Waals surface area contributed by atoms with E-state index >= 15 is 0 Å². The molecule has 0 bridgehead atoms. The Balaban J connectivity index is 1.80. The molecule has 0 unspecified atom stereocenters. The van der Waals surface area contributed by atoms with Crippen molar-refractivity contribution in [1.82, 2.24) is 19.4 Å². The Bertz CT molecular complexity index is 1190. The summed E-state index contributed by atoms with van der Waals surface area (Å²) in [5.74, 6) is -0.812. The summed E-state index contributed by atoms with van der Waals surface area (Å²) in [7, 11) is 0. The molecule has 0 aliphatic carbocycles. The maximum absolute atomic E-state index is 13.6. The number of hydrogen-bond donors (Lipinski definition) is 0. The summed E-state index contributed by atoms with van der Waals surface area (Å²) in [5.41, 5.74) is 4.15. The predicted molar refractivity (Wildman–Crippen MR) is 102 cm³/mol. The number of aryl methyl sites for hydroxylation is 1. The Kier molecular flexibility index (Phi) is 4.57. The third-order valence-corrected chi connectivity index (χ3v) is 4.32. The molecule has 140 valence electrons. The van der Waals surface area contributed by atoms with Crippen molar-refractivity contribution in [3.05, 3.63) is 72.2 Å². The second-order valence-corrected chi connectivity index (χ2v) is 6.19. The summed E-state index contributed by atoms with van der Waals surface area (Å²) in [6, 6.07) is 10.5. The third-order valence-electron chi connectivity index (χ3n) is 4.32. The molecular weight excluding hydrogens is 359 g/mol. The van der Waals surface area contributed by atoms with Crippen LogP contribution < -0.4 is 0 Å². The Hall–Kier alpha value is -3.61. The van der Waals surface area contributed by atoms with E-state index in [0.717, 1.165) is 11.1 Å². The van der Waals surface area contributed by atoms with Crippen LogP contribution in [0.3, 0.4) is 0 Å². The second kappa shape index (κ2) is 7.19. The molecule has 7 heteroatoms. The molecule has 0 saturated heterocycles. The van der Waals surface area contributed by atoms with Crippen molar-refractivity contribution < 1.29 is 13.9 Å². The first-order valence-electron chi connectivity index (χ1n) is 8.81. The van der Waals surface area contributed by atoms with Gasteiger partial charge in [0.1, 0.15) is 11.5 Å². The van der Waals surface area contributed by atoms with Gasteiger partial charge in [-0.15, -0.1) is 0 Å². The van der Waals surface area contributed by atoms with Crippen LogP contribution in [-0.2, 0) is 4.74 Å². The van der Waals surface area contributed by atoms with Crippen LogP contribution in [0.15, 0.2) is 55.0 Å². The van der Waals surface area contributed by atoms with Gasteiger partial charge >= 0.3 is 5.97 Å². The molecule has 0 aromatic carbocycles. The first-order valence-corrected chi connectivity index (χ1v) is 8.81. The minimum atomic E-state index is -0.458. The van der Waals surface area contributed by atoms with Crippen molar-refractivity contribution in [3.8, 4) is 22.5 Å². The van der Waals surface area contributed by atoms with Crippen molar-refractivity contribution in [2.75, 3.05) is 6.61 Å². The van der Waals surface area contributed by atoms with E-state index in [1.165, 1.54) is 6.07 Å². The van der Waals surface area contributed by atoms with E-state index in [0.29, 0.717) is 29.3 Å². The van der Waals surface area contributed by atoms with E-state index in [2.05, 4.69) is 15.0 Å². The molecule has 4 rings (SSSR count). The summed E-state index contributed by atoms with van der Waals surface area (Å²) in [5, 5.41) is 0. The molecule has 0 fully saturated rings. The molecule has 6 nitrogen and oxygen atoms in total. The Morgan fingerprint density at radius 1 is 1.14 bits per heavy atom. The number of hydrogen-bond acceptors (Lipinski definition) is 5. The monoisotopic (exact) mass is 376 g/mol. The molecular formula is C21H17FN4O2. The molecule has 0 spiro atoms. The summed E-state index contributed by atoms with van der Waals surface area (Å²) >= 11 is 0. The number of carbonyl (C=O) groups excluding carboxylic acids is 1. The SMILES string of the molecule is CCOC(=O)c1cn2cc(-c3cccnc3-c3ccc(F)c(C)n3)ccc2n1. The molecule has 28 heavy (non-hydrogen) atoms. The maximum atomic E-state index is 13.6. The number of pyridine rings is 3. The number of carbonyl (C=O) groups is 1. The standard InChI is InChI=1S/C21H17FN4O2/c1-3-28-21(27)18-12-26-11-14(6-9-19(26)25-18)15-5-4-10-23-20(15)17-8-7-16(22)13(2)24-17/h4-12H,3H2,1-2H3. The van der Waals surface area contributed by atoms with Crippen molar-refractivity contribution in [2.24, 2.45) is 0 Å². The number of halogens is 1. The average Bonchev–Trinajstić information content (AvgIpc) is 3.14. The van der Waals surface area contributed by atoms with Crippen LogP contribution in [0.25, 0.3) is 28.2 Å². The molecule has 4 aromatic rings. The number of ether oxygens (including phenoxy) is 1. The lowest BCUT2D eigenvalue weighted by Crippen LogP contribution is -2.04. The van der Waals surface area contributed by atoms with Gasteiger partial charge in [0.25, 0.3) is 0 Å². The zero-order chi connectivity index (χ0) is 19.7. The predicted octanol–water partition coefficient (Wildman–Crippen LogP) is 4.08. The van der Waals surface area contributed by atoms with Crippen molar-refractivity contribution >= 4 is 11.6 Å². The van der Waals surface area contributed by atoms with Gasteiger partial charge in [-0.25, -0.2) is 19.2 Å². The number of imidazole rings is 1. The van der Waals surface area contributed by atoms with E-state index in [1.807, 2.05) is 30.5 Å².